The maximum absolute atomic E-state index is 12.9. The fourth-order valence-corrected chi connectivity index (χ4v) is 3.89. The number of ether oxygens (including phenoxy) is 2. The van der Waals surface area contributed by atoms with E-state index in [0.717, 1.165) is 34.4 Å². The Morgan fingerprint density at radius 1 is 0.656 bits per heavy atom. The second kappa shape index (κ2) is 8.52. The van der Waals surface area contributed by atoms with Crippen LogP contribution in [0.3, 0.4) is 0 Å². The number of allylic oxidation sites excluding steroid dienone is 3. The van der Waals surface area contributed by atoms with Crippen LogP contribution in [0.25, 0.3) is 21.5 Å². The van der Waals surface area contributed by atoms with Crippen molar-refractivity contribution in [2.45, 2.75) is 12.8 Å². The highest BCUT2D eigenvalue weighted by Crippen LogP contribution is 2.29. The zero-order valence-corrected chi connectivity index (χ0v) is 17.3. The second-order valence-corrected chi connectivity index (χ2v) is 7.58. The van der Waals surface area contributed by atoms with Gasteiger partial charge in [0, 0.05) is 0 Å². The Kier molecular flexibility index (Phi) is 5.26. The number of carbonyl (C=O) groups excluding carboxylic acids is 2. The van der Waals surface area contributed by atoms with Crippen molar-refractivity contribution in [2.75, 3.05) is 0 Å². The molecule has 0 atom stereocenters. The molecule has 156 valence electrons. The van der Waals surface area contributed by atoms with E-state index in [4.69, 9.17) is 9.47 Å². The third-order valence-electron chi connectivity index (χ3n) is 5.44. The van der Waals surface area contributed by atoms with Crippen LogP contribution < -0.4 is 4.74 Å². The van der Waals surface area contributed by atoms with E-state index < -0.39 is 11.9 Å². The van der Waals surface area contributed by atoms with Crippen molar-refractivity contribution in [3.05, 3.63) is 114 Å². The van der Waals surface area contributed by atoms with Gasteiger partial charge in [-0.2, -0.15) is 0 Å². The molecule has 4 nitrogen and oxygen atoms in total. The average molecular weight is 420 g/mol. The summed E-state index contributed by atoms with van der Waals surface area (Å²) in [5.74, 6) is 0.176. The first kappa shape index (κ1) is 19.8. The van der Waals surface area contributed by atoms with Crippen molar-refractivity contribution in [3.63, 3.8) is 0 Å². The summed E-state index contributed by atoms with van der Waals surface area (Å²) >= 11 is 0. The first-order valence-corrected chi connectivity index (χ1v) is 10.5. The molecular weight excluding hydrogens is 400 g/mol. The number of rotatable bonds is 4. The molecule has 0 N–H and O–H groups in total. The zero-order valence-electron chi connectivity index (χ0n) is 17.3. The lowest BCUT2D eigenvalue weighted by molar-refractivity contribution is 0.0636. The van der Waals surface area contributed by atoms with Crippen molar-refractivity contribution >= 4 is 33.5 Å². The standard InChI is InChI=1S/C28H20O4/c29-27(31-21-11-3-1-4-12-21)23-15-7-9-19-17-20-10-8-16-24(26(20)18-25(19)23)28(30)32-22-13-5-2-6-14-22/h1,3-5,7-18H,2,6H2. The number of para-hydroxylation sites is 1. The summed E-state index contributed by atoms with van der Waals surface area (Å²) in [5.41, 5.74) is 0.893. The van der Waals surface area contributed by atoms with E-state index in [1.54, 1.807) is 24.3 Å². The lowest BCUT2D eigenvalue weighted by Crippen LogP contribution is -2.09. The second-order valence-electron chi connectivity index (χ2n) is 7.58. The Labute approximate surface area is 185 Å². The van der Waals surface area contributed by atoms with Crippen molar-refractivity contribution < 1.29 is 19.1 Å². The molecule has 32 heavy (non-hydrogen) atoms. The van der Waals surface area contributed by atoms with Gasteiger partial charge in [-0.3, -0.25) is 0 Å². The smallest absolute Gasteiger partial charge is 0.344 e. The van der Waals surface area contributed by atoms with E-state index >= 15 is 0 Å². The van der Waals surface area contributed by atoms with Gasteiger partial charge in [0.05, 0.1) is 11.1 Å². The van der Waals surface area contributed by atoms with Crippen LogP contribution in [0.1, 0.15) is 33.6 Å². The van der Waals surface area contributed by atoms with Crippen LogP contribution in [0.2, 0.25) is 0 Å². The van der Waals surface area contributed by atoms with E-state index in [2.05, 4.69) is 0 Å². The van der Waals surface area contributed by atoms with Gasteiger partial charge in [-0.25, -0.2) is 9.59 Å². The zero-order chi connectivity index (χ0) is 21.9. The van der Waals surface area contributed by atoms with Crippen molar-refractivity contribution in [1.29, 1.82) is 0 Å². The largest absolute Gasteiger partial charge is 0.423 e. The molecule has 0 radical (unpaired) electrons. The number of esters is 2. The van der Waals surface area contributed by atoms with Gasteiger partial charge in [-0.1, -0.05) is 48.5 Å². The van der Waals surface area contributed by atoms with Gasteiger partial charge in [0.25, 0.3) is 0 Å². The highest BCUT2D eigenvalue weighted by molar-refractivity contribution is 6.13. The molecule has 1 aliphatic rings. The molecule has 0 amide bonds. The minimum absolute atomic E-state index is 0.419. The summed E-state index contributed by atoms with van der Waals surface area (Å²) in [7, 11) is 0. The minimum atomic E-state index is -0.446. The van der Waals surface area contributed by atoms with Gasteiger partial charge in [0.15, 0.2) is 0 Å². The SMILES string of the molecule is O=C(OC1=CCCC=C1)c1cccc2cc3cccc(C(=O)Oc4ccccc4)c3cc12. The van der Waals surface area contributed by atoms with E-state index in [1.165, 1.54) is 0 Å². The lowest BCUT2D eigenvalue weighted by Gasteiger charge is -2.12. The van der Waals surface area contributed by atoms with Crippen LogP contribution in [0.5, 0.6) is 5.75 Å². The normalized spacial score (nSPS) is 13.1. The quantitative estimate of drug-likeness (QED) is 0.212. The lowest BCUT2D eigenvalue weighted by atomic mass is 9.97. The summed E-state index contributed by atoms with van der Waals surface area (Å²) in [6.45, 7) is 0. The minimum Gasteiger partial charge on any atom is -0.423 e. The Hall–Kier alpha value is -4.18. The predicted molar refractivity (Wildman–Crippen MR) is 125 cm³/mol. The van der Waals surface area contributed by atoms with Crippen molar-refractivity contribution in [2.24, 2.45) is 0 Å². The van der Waals surface area contributed by atoms with Gasteiger partial charge >= 0.3 is 11.9 Å². The summed E-state index contributed by atoms with van der Waals surface area (Å²) in [5, 5.41) is 3.24. The monoisotopic (exact) mass is 420 g/mol. The molecule has 4 heteroatoms. The third-order valence-corrected chi connectivity index (χ3v) is 5.44. The molecule has 0 saturated heterocycles. The van der Waals surface area contributed by atoms with Crippen LogP contribution in [0.4, 0.5) is 0 Å². The number of benzene rings is 4. The number of hydrogen-bond acceptors (Lipinski definition) is 4. The van der Waals surface area contributed by atoms with Gasteiger partial charge in [0.2, 0.25) is 0 Å². The summed E-state index contributed by atoms with van der Waals surface area (Å²) in [6, 6.07) is 23.8. The number of fused-ring (bicyclic) bond motifs is 2. The predicted octanol–water partition coefficient (Wildman–Crippen LogP) is 6.60. The van der Waals surface area contributed by atoms with E-state index in [0.29, 0.717) is 22.6 Å². The van der Waals surface area contributed by atoms with Crippen molar-refractivity contribution in [1.82, 2.24) is 0 Å². The summed E-state index contributed by atoms with van der Waals surface area (Å²) in [6.07, 6.45) is 7.52. The van der Waals surface area contributed by atoms with Gasteiger partial charge in [-0.05, 0) is 82.9 Å². The fourth-order valence-electron chi connectivity index (χ4n) is 3.89. The molecule has 1 aliphatic carbocycles. The van der Waals surface area contributed by atoms with Gasteiger partial charge < -0.3 is 9.47 Å². The van der Waals surface area contributed by atoms with Crippen LogP contribution >= 0.6 is 0 Å². The maximum atomic E-state index is 12.9. The third kappa shape index (κ3) is 3.91. The van der Waals surface area contributed by atoms with Gasteiger partial charge in [-0.15, -0.1) is 0 Å². The molecule has 0 unspecified atom stereocenters. The molecule has 0 saturated carbocycles. The van der Waals surface area contributed by atoms with E-state index in [1.807, 2.05) is 72.8 Å². The Bertz CT molecular complexity index is 1400. The number of carbonyl (C=O) groups is 2. The van der Waals surface area contributed by atoms with Crippen LogP contribution in [-0.2, 0) is 4.74 Å². The first-order valence-electron chi connectivity index (χ1n) is 10.5. The fraction of sp³-hybridized carbons (Fsp3) is 0.0714. The summed E-state index contributed by atoms with van der Waals surface area (Å²) in [4.78, 5) is 25.9. The molecular formula is C28H20O4. The average Bonchev–Trinajstić information content (AvgIpc) is 2.83. The van der Waals surface area contributed by atoms with Crippen LogP contribution in [0.15, 0.2) is 103 Å². The molecule has 4 aromatic rings. The van der Waals surface area contributed by atoms with Crippen LogP contribution in [0, 0.1) is 0 Å². The van der Waals surface area contributed by atoms with Crippen molar-refractivity contribution in [3.8, 4) is 5.75 Å². The van der Waals surface area contributed by atoms with Crippen LogP contribution in [-0.4, -0.2) is 11.9 Å². The Morgan fingerprint density at radius 2 is 1.31 bits per heavy atom. The highest BCUT2D eigenvalue weighted by Gasteiger charge is 2.17. The highest BCUT2D eigenvalue weighted by atomic mass is 16.5. The first-order chi connectivity index (χ1) is 15.7. The Balaban J connectivity index is 1.57. The molecule has 0 aliphatic heterocycles. The molecule has 0 spiro atoms. The molecule has 5 rings (SSSR count). The summed E-state index contributed by atoms with van der Waals surface area (Å²) < 4.78 is 11.2. The van der Waals surface area contributed by atoms with E-state index in [9.17, 15) is 9.59 Å². The molecule has 0 fully saturated rings. The van der Waals surface area contributed by atoms with Gasteiger partial charge in [0.1, 0.15) is 11.5 Å². The molecule has 4 aromatic carbocycles. The molecule has 0 heterocycles. The topological polar surface area (TPSA) is 52.6 Å². The molecule has 0 bridgehead atoms. The maximum Gasteiger partial charge on any atom is 0.344 e. The molecule has 0 aromatic heterocycles. The van der Waals surface area contributed by atoms with E-state index in [-0.39, 0.29) is 0 Å². The Morgan fingerprint density at radius 3 is 1.94 bits per heavy atom. The number of hydrogen-bond donors (Lipinski definition) is 0.